The van der Waals surface area contributed by atoms with Crippen molar-refractivity contribution < 1.29 is 14.3 Å². The first-order chi connectivity index (χ1) is 22.0. The summed E-state index contributed by atoms with van der Waals surface area (Å²) in [7, 11) is 3.48. The van der Waals surface area contributed by atoms with E-state index in [9.17, 15) is 9.59 Å². The predicted molar refractivity (Wildman–Crippen MR) is 177 cm³/mol. The highest BCUT2D eigenvalue weighted by atomic mass is 16.5. The van der Waals surface area contributed by atoms with Crippen molar-refractivity contribution in [2.45, 2.75) is 64.1 Å². The Balaban J connectivity index is 1.16. The van der Waals surface area contributed by atoms with Gasteiger partial charge in [0, 0.05) is 70.5 Å². The minimum absolute atomic E-state index is 0.0264. The Kier molecular flexibility index (Phi) is 9.84. The summed E-state index contributed by atoms with van der Waals surface area (Å²) in [6, 6.07) is 15.0. The molecule has 9 nitrogen and oxygen atoms in total. The van der Waals surface area contributed by atoms with Crippen molar-refractivity contribution in [2.24, 2.45) is 5.92 Å². The highest BCUT2D eigenvalue weighted by molar-refractivity contribution is 6.06. The molecule has 3 amide bonds. The lowest BCUT2D eigenvalue weighted by Crippen LogP contribution is -2.48. The van der Waals surface area contributed by atoms with Crippen molar-refractivity contribution >= 4 is 22.7 Å². The molecule has 0 spiro atoms. The number of amides is 3. The van der Waals surface area contributed by atoms with Gasteiger partial charge in [0.25, 0.3) is 5.91 Å². The highest BCUT2D eigenvalue weighted by Gasteiger charge is 2.26. The molecule has 1 aliphatic heterocycles. The lowest BCUT2D eigenvalue weighted by molar-refractivity contribution is 0.0745. The molecule has 2 fully saturated rings. The number of aromatic nitrogens is 3. The summed E-state index contributed by atoms with van der Waals surface area (Å²) >= 11 is 0. The fraction of sp³-hybridized carbons (Fsp3) is 0.472. The second-order valence-electron chi connectivity index (χ2n) is 12.8. The number of methoxy groups -OCH3 is 1. The van der Waals surface area contributed by atoms with E-state index in [1.54, 1.807) is 12.0 Å². The lowest BCUT2D eigenvalue weighted by atomic mass is 9.95. The van der Waals surface area contributed by atoms with Crippen LogP contribution >= 0.6 is 0 Å². The van der Waals surface area contributed by atoms with E-state index in [0.717, 1.165) is 72.9 Å². The molecule has 2 aromatic heterocycles. The minimum Gasteiger partial charge on any atom is -0.383 e. The smallest absolute Gasteiger partial charge is 0.317 e. The van der Waals surface area contributed by atoms with Gasteiger partial charge < -0.3 is 29.0 Å². The van der Waals surface area contributed by atoms with Crippen LogP contribution in [-0.2, 0) is 17.8 Å². The Bertz CT molecular complexity index is 1590. The Morgan fingerprint density at radius 1 is 0.978 bits per heavy atom. The molecule has 1 N–H and O–H groups in total. The number of ether oxygens (including phenoxy) is 1. The van der Waals surface area contributed by atoms with Crippen LogP contribution < -0.4 is 5.32 Å². The number of nitrogens with one attached hydrogen (secondary N) is 1. The van der Waals surface area contributed by atoms with Crippen molar-refractivity contribution in [3.8, 4) is 11.1 Å². The summed E-state index contributed by atoms with van der Waals surface area (Å²) in [6.45, 7) is 4.06. The maximum atomic E-state index is 13.7. The SMILES string of the molecule is COCCN(C)C(=O)c1cn(Cc2cncn2CC2CCN(C(=O)NC3CCCCC3)CC2)cc1-c1cccc2ccccc12. The highest BCUT2D eigenvalue weighted by Crippen LogP contribution is 2.33. The van der Waals surface area contributed by atoms with E-state index in [2.05, 4.69) is 56.0 Å². The molecule has 0 bridgehead atoms. The number of likely N-dealkylation sites (N-methyl/N-ethyl adjacent to an activating group) is 1. The molecule has 0 radical (unpaired) electrons. The lowest BCUT2D eigenvalue weighted by Gasteiger charge is -2.34. The number of hydrogen-bond acceptors (Lipinski definition) is 4. The van der Waals surface area contributed by atoms with Gasteiger partial charge >= 0.3 is 6.03 Å². The van der Waals surface area contributed by atoms with Gasteiger partial charge in [-0.3, -0.25) is 4.79 Å². The molecule has 45 heavy (non-hydrogen) atoms. The fourth-order valence-electron chi connectivity index (χ4n) is 6.92. The summed E-state index contributed by atoms with van der Waals surface area (Å²) in [5.74, 6) is 0.459. The summed E-state index contributed by atoms with van der Waals surface area (Å²) in [5, 5.41) is 5.54. The summed E-state index contributed by atoms with van der Waals surface area (Å²) in [4.78, 5) is 34.8. The molecule has 238 valence electrons. The number of nitrogens with zero attached hydrogens (tertiary/aromatic N) is 5. The molecule has 9 heteroatoms. The standard InChI is InChI=1S/C36H46N6O3/c1-39(19-20-45-2)35(43)34-25-40(24-33(34)32-14-8-10-28-9-6-7-13-31(28)32)23-30-21-37-26-42(30)22-27-15-17-41(18-16-27)36(44)38-29-11-4-3-5-12-29/h6-10,13-14,21,24-27,29H,3-5,11-12,15-20,22-23H2,1-2H3,(H,38,44). The third kappa shape index (κ3) is 7.25. The number of urea groups is 1. The normalized spacial score (nSPS) is 16.3. The summed E-state index contributed by atoms with van der Waals surface area (Å²) in [5.41, 5.74) is 3.74. The Labute approximate surface area is 266 Å². The number of hydrogen-bond donors (Lipinski definition) is 1. The van der Waals surface area contributed by atoms with Crippen LogP contribution in [-0.4, -0.2) is 82.3 Å². The molecular formula is C36H46N6O3. The number of piperidine rings is 1. The zero-order chi connectivity index (χ0) is 31.2. The van der Waals surface area contributed by atoms with Gasteiger partial charge in [-0.25, -0.2) is 9.78 Å². The first kappa shape index (κ1) is 30.9. The summed E-state index contributed by atoms with van der Waals surface area (Å²) in [6.07, 6.45) is 15.8. The van der Waals surface area contributed by atoms with Gasteiger partial charge in [-0.15, -0.1) is 0 Å². The van der Waals surface area contributed by atoms with Gasteiger partial charge in [-0.1, -0.05) is 61.7 Å². The number of rotatable bonds is 10. The molecular weight excluding hydrogens is 564 g/mol. The molecule has 6 rings (SSSR count). The fourth-order valence-corrected chi connectivity index (χ4v) is 6.92. The minimum atomic E-state index is -0.0264. The second kappa shape index (κ2) is 14.3. The quantitative estimate of drug-likeness (QED) is 0.238. The maximum Gasteiger partial charge on any atom is 0.317 e. The predicted octanol–water partition coefficient (Wildman–Crippen LogP) is 6.03. The van der Waals surface area contributed by atoms with Gasteiger partial charge in [0.2, 0.25) is 0 Å². The van der Waals surface area contributed by atoms with Crippen molar-refractivity contribution in [3.63, 3.8) is 0 Å². The zero-order valence-corrected chi connectivity index (χ0v) is 26.7. The van der Waals surface area contributed by atoms with Gasteiger partial charge in [0.15, 0.2) is 0 Å². The third-order valence-electron chi connectivity index (χ3n) is 9.60. The molecule has 1 saturated heterocycles. The first-order valence-corrected chi connectivity index (χ1v) is 16.5. The van der Waals surface area contributed by atoms with E-state index < -0.39 is 0 Å². The van der Waals surface area contributed by atoms with Crippen molar-refractivity contribution in [1.29, 1.82) is 0 Å². The van der Waals surface area contributed by atoms with E-state index in [-0.39, 0.29) is 11.9 Å². The summed E-state index contributed by atoms with van der Waals surface area (Å²) < 4.78 is 9.59. The number of likely N-dealkylation sites (tertiary alicyclic amines) is 1. The monoisotopic (exact) mass is 610 g/mol. The molecule has 1 aliphatic carbocycles. The molecule has 0 unspecified atom stereocenters. The van der Waals surface area contributed by atoms with Crippen molar-refractivity contribution in [1.82, 2.24) is 29.2 Å². The number of imidazole rings is 1. The number of fused-ring (bicyclic) bond motifs is 1. The van der Waals surface area contributed by atoms with Crippen LogP contribution in [0.4, 0.5) is 4.79 Å². The van der Waals surface area contributed by atoms with Crippen LogP contribution in [0.25, 0.3) is 21.9 Å². The van der Waals surface area contributed by atoms with Gasteiger partial charge in [0.05, 0.1) is 30.7 Å². The van der Waals surface area contributed by atoms with Gasteiger partial charge in [0.1, 0.15) is 0 Å². The van der Waals surface area contributed by atoms with Crippen LogP contribution in [0.1, 0.15) is 61.0 Å². The van der Waals surface area contributed by atoms with Crippen LogP contribution in [0.5, 0.6) is 0 Å². The molecule has 2 aromatic carbocycles. The van der Waals surface area contributed by atoms with E-state index in [1.807, 2.05) is 42.8 Å². The average Bonchev–Trinajstić information content (AvgIpc) is 3.70. The Morgan fingerprint density at radius 2 is 1.76 bits per heavy atom. The van der Waals surface area contributed by atoms with Crippen LogP contribution in [0.2, 0.25) is 0 Å². The first-order valence-electron chi connectivity index (χ1n) is 16.5. The van der Waals surface area contributed by atoms with Gasteiger partial charge in [-0.05, 0) is 47.9 Å². The molecule has 4 aromatic rings. The average molecular weight is 611 g/mol. The second-order valence-corrected chi connectivity index (χ2v) is 12.8. The van der Waals surface area contributed by atoms with Crippen LogP contribution in [0.3, 0.4) is 0 Å². The van der Waals surface area contributed by atoms with E-state index in [1.165, 1.54) is 19.3 Å². The Morgan fingerprint density at radius 3 is 2.56 bits per heavy atom. The van der Waals surface area contributed by atoms with E-state index in [4.69, 9.17) is 4.74 Å². The topological polar surface area (TPSA) is 84.6 Å². The molecule has 2 aliphatic rings. The van der Waals surface area contributed by atoms with Gasteiger partial charge in [-0.2, -0.15) is 0 Å². The largest absolute Gasteiger partial charge is 0.383 e. The van der Waals surface area contributed by atoms with Crippen LogP contribution in [0, 0.1) is 5.92 Å². The van der Waals surface area contributed by atoms with Crippen LogP contribution in [0.15, 0.2) is 67.4 Å². The number of carbonyl (C=O) groups excluding carboxylic acids is 2. The zero-order valence-electron chi connectivity index (χ0n) is 26.7. The van der Waals surface area contributed by atoms with E-state index >= 15 is 0 Å². The molecule has 3 heterocycles. The van der Waals surface area contributed by atoms with E-state index in [0.29, 0.717) is 37.2 Å². The third-order valence-corrected chi connectivity index (χ3v) is 9.60. The van der Waals surface area contributed by atoms with Crippen molar-refractivity contribution in [2.75, 3.05) is 40.4 Å². The number of carbonyl (C=O) groups is 2. The number of benzene rings is 2. The Hall–Kier alpha value is -4.11. The molecule has 0 atom stereocenters. The molecule has 1 saturated carbocycles. The van der Waals surface area contributed by atoms with Crippen molar-refractivity contribution in [3.05, 3.63) is 78.6 Å². The maximum absolute atomic E-state index is 13.7.